The maximum Gasteiger partial charge on any atom is 0.322 e. The molecule has 0 rings (SSSR count). The molecule has 0 radical (unpaired) electrons. The Morgan fingerprint density at radius 2 is 0.949 bits per heavy atom. The van der Waals surface area contributed by atoms with Crippen LogP contribution in [0.5, 0.6) is 0 Å². The summed E-state index contributed by atoms with van der Waals surface area (Å²) in [7, 11) is 0. The summed E-state index contributed by atoms with van der Waals surface area (Å²) in [5.74, 6) is -1.23. The zero-order valence-corrected chi connectivity index (χ0v) is 25.7. The van der Waals surface area contributed by atoms with Crippen LogP contribution < -0.4 is 5.32 Å². The normalized spacial score (nSPS) is 11.8. The second-order valence-corrected chi connectivity index (χ2v) is 11.4. The molecule has 6 nitrogen and oxygen atoms in total. The molecule has 0 spiro atoms. The van der Waals surface area contributed by atoms with Gasteiger partial charge in [-0.2, -0.15) is 0 Å². The zero-order chi connectivity index (χ0) is 28.8. The van der Waals surface area contributed by atoms with Crippen LogP contribution in [0.4, 0.5) is 0 Å². The lowest BCUT2D eigenvalue weighted by Gasteiger charge is -2.18. The molecule has 0 aliphatic carbocycles. The van der Waals surface area contributed by atoms with E-state index in [1.165, 1.54) is 89.9 Å². The molecule has 1 atom stereocenters. The van der Waals surface area contributed by atoms with Crippen molar-refractivity contribution in [2.45, 2.75) is 187 Å². The summed E-state index contributed by atoms with van der Waals surface area (Å²) >= 11 is 0. The fourth-order valence-corrected chi connectivity index (χ4v) is 5.04. The molecule has 0 aromatic heterocycles. The van der Waals surface area contributed by atoms with Crippen molar-refractivity contribution in [2.24, 2.45) is 0 Å². The molecule has 2 N–H and O–H groups in total. The minimum atomic E-state index is -1.02. The predicted octanol–water partition coefficient (Wildman–Crippen LogP) is 9.28. The van der Waals surface area contributed by atoms with E-state index >= 15 is 0 Å². The Hall–Kier alpha value is -1.59. The fourth-order valence-electron chi connectivity index (χ4n) is 5.04. The van der Waals surface area contributed by atoms with Gasteiger partial charge in [0.2, 0.25) is 5.91 Å². The predicted molar refractivity (Wildman–Crippen MR) is 162 cm³/mol. The molecule has 0 aromatic rings. The van der Waals surface area contributed by atoms with Gasteiger partial charge in [-0.25, -0.2) is 0 Å². The fraction of sp³-hybridized carbons (Fsp3) is 0.909. The Kier molecular flexibility index (Phi) is 28.2. The van der Waals surface area contributed by atoms with Crippen LogP contribution in [-0.4, -0.2) is 35.6 Å². The molecule has 0 saturated heterocycles. The van der Waals surface area contributed by atoms with Gasteiger partial charge in [0.05, 0.1) is 0 Å². The van der Waals surface area contributed by atoms with E-state index < -0.39 is 5.97 Å². The average molecular weight is 554 g/mol. The molecular weight excluding hydrogens is 490 g/mol. The summed E-state index contributed by atoms with van der Waals surface area (Å²) in [6.07, 6.45) is 29.3. The van der Waals surface area contributed by atoms with Gasteiger partial charge in [-0.3, -0.25) is 14.4 Å². The van der Waals surface area contributed by atoms with Crippen LogP contribution in [0.3, 0.4) is 0 Å². The third kappa shape index (κ3) is 29.2. The van der Waals surface area contributed by atoms with Crippen LogP contribution >= 0.6 is 0 Å². The maximum atomic E-state index is 12.5. The van der Waals surface area contributed by atoms with Gasteiger partial charge >= 0.3 is 11.9 Å². The van der Waals surface area contributed by atoms with Gasteiger partial charge in [0, 0.05) is 12.8 Å². The van der Waals surface area contributed by atoms with E-state index in [2.05, 4.69) is 19.2 Å². The smallest absolute Gasteiger partial charge is 0.322 e. The first-order valence-corrected chi connectivity index (χ1v) is 16.7. The first-order valence-electron chi connectivity index (χ1n) is 16.7. The quantitative estimate of drug-likeness (QED) is 0.0683. The third-order valence-corrected chi connectivity index (χ3v) is 7.53. The number of aliphatic carboxylic acids is 1. The number of ether oxygens (including phenoxy) is 1. The lowest BCUT2D eigenvalue weighted by molar-refractivity contribution is -0.150. The topological polar surface area (TPSA) is 92.7 Å². The summed E-state index contributed by atoms with van der Waals surface area (Å²) in [5.41, 5.74) is 0. The molecule has 0 heterocycles. The summed E-state index contributed by atoms with van der Waals surface area (Å²) < 4.78 is 5.94. The zero-order valence-electron chi connectivity index (χ0n) is 25.7. The number of hydrogen-bond acceptors (Lipinski definition) is 4. The second-order valence-electron chi connectivity index (χ2n) is 11.4. The van der Waals surface area contributed by atoms with E-state index in [0.29, 0.717) is 12.8 Å². The number of carboxylic acids is 1. The lowest BCUT2D eigenvalue weighted by Crippen LogP contribution is -2.28. The van der Waals surface area contributed by atoms with Gasteiger partial charge < -0.3 is 15.2 Å². The largest absolute Gasteiger partial charge is 0.480 e. The van der Waals surface area contributed by atoms with Crippen molar-refractivity contribution < 1.29 is 24.2 Å². The molecule has 1 unspecified atom stereocenters. The van der Waals surface area contributed by atoms with E-state index in [4.69, 9.17) is 9.84 Å². The minimum absolute atomic E-state index is 0.0186. The number of carbonyl (C=O) groups is 3. The summed E-state index contributed by atoms with van der Waals surface area (Å²) in [6, 6.07) is 0. The number of rotatable bonds is 30. The molecule has 0 saturated carbocycles. The van der Waals surface area contributed by atoms with Gasteiger partial charge in [0.1, 0.15) is 12.6 Å². The van der Waals surface area contributed by atoms with Crippen LogP contribution in [0, 0.1) is 0 Å². The molecule has 0 aliphatic rings. The van der Waals surface area contributed by atoms with Crippen molar-refractivity contribution >= 4 is 17.8 Å². The molecule has 39 heavy (non-hydrogen) atoms. The van der Waals surface area contributed by atoms with Crippen molar-refractivity contribution in [1.29, 1.82) is 0 Å². The lowest BCUT2D eigenvalue weighted by atomic mass is 10.0. The number of amides is 1. The standard InChI is InChI=1S/C33H63NO5/c1-3-5-7-9-11-12-13-15-20-24-28-33(38)39-30(25-21-17-14-10-8-6-4-2)26-22-18-16-19-23-27-31(35)34-29-32(36)37/h30H,3-29H2,1-2H3,(H,34,35)(H,36,37). The average Bonchev–Trinajstić information content (AvgIpc) is 2.91. The minimum Gasteiger partial charge on any atom is -0.480 e. The highest BCUT2D eigenvalue weighted by Crippen LogP contribution is 2.18. The number of esters is 1. The highest BCUT2D eigenvalue weighted by molar-refractivity contribution is 5.80. The van der Waals surface area contributed by atoms with Crippen LogP contribution in [0.1, 0.15) is 181 Å². The van der Waals surface area contributed by atoms with Gasteiger partial charge in [-0.05, 0) is 38.5 Å². The number of unbranched alkanes of at least 4 members (excludes halogenated alkanes) is 19. The van der Waals surface area contributed by atoms with E-state index in [-0.39, 0.29) is 24.5 Å². The van der Waals surface area contributed by atoms with Gasteiger partial charge in [0.25, 0.3) is 0 Å². The van der Waals surface area contributed by atoms with Crippen LogP contribution in [-0.2, 0) is 19.1 Å². The van der Waals surface area contributed by atoms with E-state index in [9.17, 15) is 14.4 Å². The monoisotopic (exact) mass is 553 g/mol. The molecule has 0 aromatic carbocycles. The van der Waals surface area contributed by atoms with Crippen LogP contribution in [0.2, 0.25) is 0 Å². The van der Waals surface area contributed by atoms with Crippen LogP contribution in [0.15, 0.2) is 0 Å². The number of carbonyl (C=O) groups excluding carboxylic acids is 2. The van der Waals surface area contributed by atoms with Crippen molar-refractivity contribution in [1.82, 2.24) is 5.32 Å². The first kappa shape index (κ1) is 37.4. The van der Waals surface area contributed by atoms with Crippen LogP contribution in [0.25, 0.3) is 0 Å². The molecule has 230 valence electrons. The molecule has 0 aliphatic heterocycles. The summed E-state index contributed by atoms with van der Waals surface area (Å²) in [6.45, 7) is 4.19. The van der Waals surface area contributed by atoms with E-state index in [0.717, 1.165) is 64.2 Å². The highest BCUT2D eigenvalue weighted by atomic mass is 16.5. The van der Waals surface area contributed by atoms with E-state index in [1.807, 2.05) is 0 Å². The Bertz CT molecular complexity index is 580. The van der Waals surface area contributed by atoms with E-state index in [1.54, 1.807) is 0 Å². The summed E-state index contributed by atoms with van der Waals surface area (Å²) in [4.78, 5) is 34.6. The molecular formula is C33H63NO5. The third-order valence-electron chi connectivity index (χ3n) is 7.53. The molecule has 0 fully saturated rings. The Labute approximate surface area is 240 Å². The number of hydrogen-bond donors (Lipinski definition) is 2. The second kappa shape index (κ2) is 29.4. The highest BCUT2D eigenvalue weighted by Gasteiger charge is 2.14. The van der Waals surface area contributed by atoms with Gasteiger partial charge in [0.15, 0.2) is 0 Å². The first-order chi connectivity index (χ1) is 19.0. The molecule has 6 heteroatoms. The Morgan fingerprint density at radius 3 is 1.38 bits per heavy atom. The number of carboxylic acid groups (broad SMARTS) is 1. The van der Waals surface area contributed by atoms with Crippen molar-refractivity contribution in [3.63, 3.8) is 0 Å². The molecule has 1 amide bonds. The Morgan fingerprint density at radius 1 is 0.564 bits per heavy atom. The van der Waals surface area contributed by atoms with Crippen molar-refractivity contribution in [3.8, 4) is 0 Å². The SMILES string of the molecule is CCCCCCCCCCCCC(=O)OC(CCCCCCCCC)CCCCCCCC(=O)NCC(=O)O. The van der Waals surface area contributed by atoms with Crippen molar-refractivity contribution in [2.75, 3.05) is 6.54 Å². The van der Waals surface area contributed by atoms with Gasteiger partial charge in [-0.15, -0.1) is 0 Å². The maximum absolute atomic E-state index is 12.5. The van der Waals surface area contributed by atoms with Crippen molar-refractivity contribution in [3.05, 3.63) is 0 Å². The Balaban J connectivity index is 4.09. The summed E-state index contributed by atoms with van der Waals surface area (Å²) in [5, 5.41) is 11.0. The number of nitrogens with one attached hydrogen (secondary N) is 1. The molecule has 0 bridgehead atoms. The van der Waals surface area contributed by atoms with Gasteiger partial charge in [-0.1, -0.05) is 129 Å².